The van der Waals surface area contributed by atoms with E-state index in [4.69, 9.17) is 23.8 Å². The number of aryl methyl sites for hydroxylation is 2. The van der Waals surface area contributed by atoms with Crippen LogP contribution in [-0.4, -0.2) is 26.2 Å². The zero-order valence-corrected chi connectivity index (χ0v) is 15.0. The molecule has 0 aliphatic heterocycles. The second kappa shape index (κ2) is 6.08. The van der Waals surface area contributed by atoms with Crippen LogP contribution in [0.2, 0.25) is 4.34 Å². The molecule has 3 aromatic heterocycles. The Morgan fingerprint density at radius 3 is 2.77 bits per heavy atom. The van der Waals surface area contributed by atoms with Crippen LogP contribution >= 0.6 is 35.2 Å². The minimum absolute atomic E-state index is 0.560. The van der Waals surface area contributed by atoms with Crippen molar-refractivity contribution in [1.82, 2.24) is 19.2 Å². The highest BCUT2D eigenvalue weighted by atomic mass is 35.5. The van der Waals surface area contributed by atoms with Gasteiger partial charge < -0.3 is 4.90 Å². The lowest BCUT2D eigenvalue weighted by Crippen LogP contribution is -3.07. The van der Waals surface area contributed by atoms with E-state index in [0.29, 0.717) is 10.5 Å². The molecule has 8 heteroatoms. The van der Waals surface area contributed by atoms with Gasteiger partial charge in [-0.1, -0.05) is 11.6 Å². The molecular weight excluding hydrogens is 338 g/mol. The average Bonchev–Trinajstić information content (AvgIpc) is 2.94. The summed E-state index contributed by atoms with van der Waals surface area (Å²) in [6.07, 6.45) is 0. The van der Waals surface area contributed by atoms with Gasteiger partial charge in [0.15, 0.2) is 6.67 Å². The Balaban J connectivity index is 1.90. The van der Waals surface area contributed by atoms with E-state index in [9.17, 15) is 0 Å². The molecule has 3 aromatic rings. The number of hydrogen-bond acceptors (Lipinski definition) is 4. The van der Waals surface area contributed by atoms with Crippen LogP contribution in [0, 0.1) is 18.6 Å². The molecule has 0 aliphatic carbocycles. The van der Waals surface area contributed by atoms with E-state index in [-0.39, 0.29) is 0 Å². The standard InChI is InChI=1S/C14H16ClN5S2/c1-9-6-10(2)20-13(16-9)17-14(21)19(20)8-18(3)7-11-4-5-12(15)22-11/h4-6H,7-8H2,1-3H3/p+1. The van der Waals surface area contributed by atoms with E-state index in [0.717, 1.165) is 28.9 Å². The van der Waals surface area contributed by atoms with Crippen molar-refractivity contribution >= 4 is 40.9 Å². The SMILES string of the molecule is Cc1cc(C)n2c(n1)nc(=S)n2C[NH+](C)Cc1ccc(Cl)s1. The average molecular weight is 355 g/mol. The van der Waals surface area contributed by atoms with Crippen molar-refractivity contribution in [3.8, 4) is 0 Å². The number of nitrogens with one attached hydrogen (secondary N) is 1. The molecule has 1 N–H and O–H groups in total. The van der Waals surface area contributed by atoms with Gasteiger partial charge in [-0.05, 0) is 44.3 Å². The smallest absolute Gasteiger partial charge is 0.252 e. The van der Waals surface area contributed by atoms with Crippen molar-refractivity contribution in [1.29, 1.82) is 0 Å². The monoisotopic (exact) mass is 354 g/mol. The molecule has 3 rings (SSSR count). The predicted octanol–water partition coefficient (Wildman–Crippen LogP) is 2.26. The summed E-state index contributed by atoms with van der Waals surface area (Å²) in [6.45, 7) is 5.63. The van der Waals surface area contributed by atoms with Gasteiger partial charge >= 0.3 is 0 Å². The Morgan fingerprint density at radius 1 is 1.32 bits per heavy atom. The summed E-state index contributed by atoms with van der Waals surface area (Å²) in [6, 6.07) is 6.04. The van der Waals surface area contributed by atoms with Gasteiger partial charge in [0.25, 0.3) is 5.78 Å². The highest BCUT2D eigenvalue weighted by Gasteiger charge is 2.13. The molecule has 116 valence electrons. The van der Waals surface area contributed by atoms with Crippen molar-refractivity contribution < 1.29 is 4.90 Å². The van der Waals surface area contributed by atoms with Crippen molar-refractivity contribution in [3.63, 3.8) is 0 Å². The molecule has 0 spiro atoms. The topological polar surface area (TPSA) is 39.6 Å². The fourth-order valence-electron chi connectivity index (χ4n) is 2.55. The van der Waals surface area contributed by atoms with Gasteiger partial charge in [0.2, 0.25) is 4.77 Å². The quantitative estimate of drug-likeness (QED) is 0.730. The Hall–Kier alpha value is -1.28. The Kier molecular flexibility index (Phi) is 4.31. The predicted molar refractivity (Wildman–Crippen MR) is 91.2 cm³/mol. The van der Waals surface area contributed by atoms with Crippen molar-refractivity contribution in [2.75, 3.05) is 7.05 Å². The van der Waals surface area contributed by atoms with E-state index >= 15 is 0 Å². The molecule has 1 unspecified atom stereocenters. The van der Waals surface area contributed by atoms with E-state index in [1.807, 2.05) is 35.2 Å². The van der Waals surface area contributed by atoms with Gasteiger partial charge in [-0.2, -0.15) is 4.98 Å². The van der Waals surface area contributed by atoms with Crippen LogP contribution in [0.3, 0.4) is 0 Å². The second-order valence-electron chi connectivity index (χ2n) is 5.44. The lowest BCUT2D eigenvalue weighted by molar-refractivity contribution is -0.917. The third-order valence-electron chi connectivity index (χ3n) is 3.40. The maximum atomic E-state index is 5.99. The Labute approximate surface area is 142 Å². The molecular formula is C14H17ClN5S2+. The normalized spacial score (nSPS) is 12.9. The molecule has 0 bridgehead atoms. The van der Waals surface area contributed by atoms with Gasteiger partial charge in [0.1, 0.15) is 6.54 Å². The minimum Gasteiger partial charge on any atom is -0.314 e. The number of fused-ring (bicyclic) bond motifs is 1. The minimum atomic E-state index is 0.560. The third-order valence-corrected chi connectivity index (χ3v) is 4.93. The molecule has 0 fully saturated rings. The van der Waals surface area contributed by atoms with E-state index < -0.39 is 0 Å². The van der Waals surface area contributed by atoms with Gasteiger partial charge in [-0.3, -0.25) is 0 Å². The second-order valence-corrected chi connectivity index (χ2v) is 7.61. The fraction of sp³-hybridized carbons (Fsp3) is 0.357. The summed E-state index contributed by atoms with van der Waals surface area (Å²) in [5.41, 5.74) is 2.03. The maximum Gasteiger partial charge on any atom is 0.252 e. The first kappa shape index (κ1) is 15.6. The van der Waals surface area contributed by atoms with Crippen molar-refractivity contribution in [2.45, 2.75) is 27.1 Å². The van der Waals surface area contributed by atoms with Crippen molar-refractivity contribution in [3.05, 3.63) is 43.6 Å². The van der Waals surface area contributed by atoms with E-state index in [1.54, 1.807) is 11.3 Å². The fourth-order valence-corrected chi connectivity index (χ4v) is 3.98. The molecule has 0 aliphatic rings. The molecule has 0 saturated heterocycles. The Bertz CT molecular complexity index is 879. The van der Waals surface area contributed by atoms with Crippen LogP contribution in [0.15, 0.2) is 18.2 Å². The van der Waals surface area contributed by atoms with Crippen molar-refractivity contribution in [2.24, 2.45) is 0 Å². The summed E-state index contributed by atoms with van der Waals surface area (Å²) in [5.74, 6) is 0.662. The molecule has 3 heterocycles. The maximum absolute atomic E-state index is 5.99. The summed E-state index contributed by atoms with van der Waals surface area (Å²) in [7, 11) is 2.13. The van der Waals surface area contributed by atoms with Gasteiger partial charge in [0.05, 0.1) is 16.3 Å². The van der Waals surface area contributed by atoms with Gasteiger partial charge in [-0.25, -0.2) is 14.2 Å². The molecule has 0 saturated carbocycles. The van der Waals surface area contributed by atoms with Crippen LogP contribution in [0.4, 0.5) is 0 Å². The lowest BCUT2D eigenvalue weighted by atomic mass is 10.4. The number of halogens is 1. The zero-order valence-electron chi connectivity index (χ0n) is 12.6. The van der Waals surface area contributed by atoms with Crippen LogP contribution in [0.1, 0.15) is 16.3 Å². The summed E-state index contributed by atoms with van der Waals surface area (Å²) < 4.78 is 5.37. The van der Waals surface area contributed by atoms with Gasteiger partial charge in [-0.15, -0.1) is 11.3 Å². The zero-order chi connectivity index (χ0) is 15.9. The van der Waals surface area contributed by atoms with Crippen LogP contribution in [-0.2, 0) is 13.2 Å². The Morgan fingerprint density at radius 2 is 2.09 bits per heavy atom. The number of thiophene rings is 1. The number of rotatable bonds is 4. The number of nitrogens with zero attached hydrogens (tertiary/aromatic N) is 4. The number of aromatic nitrogens is 4. The number of hydrogen-bond donors (Lipinski definition) is 1. The van der Waals surface area contributed by atoms with Crippen LogP contribution < -0.4 is 4.90 Å². The number of quaternary nitrogens is 1. The lowest BCUT2D eigenvalue weighted by Gasteiger charge is -2.15. The van der Waals surface area contributed by atoms with E-state index in [1.165, 1.54) is 9.78 Å². The van der Waals surface area contributed by atoms with Gasteiger partial charge in [0, 0.05) is 11.4 Å². The molecule has 5 nitrogen and oxygen atoms in total. The molecule has 0 aromatic carbocycles. The first-order valence-corrected chi connectivity index (χ1v) is 8.53. The summed E-state index contributed by atoms with van der Waals surface area (Å²) in [5, 5.41) is 0. The van der Waals surface area contributed by atoms with Crippen LogP contribution in [0.5, 0.6) is 0 Å². The molecule has 0 amide bonds. The first-order chi connectivity index (χ1) is 10.4. The largest absolute Gasteiger partial charge is 0.314 e. The third kappa shape index (κ3) is 3.08. The summed E-state index contributed by atoms with van der Waals surface area (Å²) in [4.78, 5) is 11.4. The van der Waals surface area contributed by atoms with Crippen LogP contribution in [0.25, 0.3) is 5.78 Å². The first-order valence-electron chi connectivity index (χ1n) is 6.93. The molecule has 1 atom stereocenters. The molecule has 22 heavy (non-hydrogen) atoms. The summed E-state index contributed by atoms with van der Waals surface area (Å²) >= 11 is 13.0. The molecule has 0 radical (unpaired) electrons. The highest BCUT2D eigenvalue weighted by molar-refractivity contribution is 7.71. The highest BCUT2D eigenvalue weighted by Crippen LogP contribution is 2.20. The van der Waals surface area contributed by atoms with E-state index in [2.05, 4.69) is 23.1 Å².